The first-order valence-corrected chi connectivity index (χ1v) is 9.57. The summed E-state index contributed by atoms with van der Waals surface area (Å²) in [6.45, 7) is 7.92. The Balaban J connectivity index is 1.72. The average molecular weight is 420 g/mol. The zero-order valence-corrected chi connectivity index (χ0v) is 17.1. The highest BCUT2D eigenvalue weighted by molar-refractivity contribution is 9.10. The number of hydrogen-bond acceptors (Lipinski definition) is 3. The molecule has 0 amide bonds. The molecular formula is C21H26BrNO3. The fourth-order valence-corrected chi connectivity index (χ4v) is 2.90. The lowest BCUT2D eigenvalue weighted by Crippen LogP contribution is -2.11. The molecule has 5 heteroatoms. The topological polar surface area (TPSA) is 58.6 Å². The minimum Gasteiger partial charge on any atom is -0.494 e. The molecule has 0 radical (unpaired) electrons. The van der Waals surface area contributed by atoms with Crippen LogP contribution in [0.15, 0.2) is 46.9 Å². The number of ether oxygens (including phenoxy) is 1. The first-order chi connectivity index (χ1) is 12.3. The Morgan fingerprint density at radius 2 is 1.81 bits per heavy atom. The highest BCUT2D eigenvalue weighted by Gasteiger charge is 2.13. The van der Waals surface area contributed by atoms with E-state index in [1.54, 1.807) is 12.1 Å². The maximum absolute atomic E-state index is 11.3. The van der Waals surface area contributed by atoms with Gasteiger partial charge in [-0.2, -0.15) is 0 Å². The molecule has 0 fully saturated rings. The number of benzene rings is 2. The minimum atomic E-state index is -0.934. The molecule has 0 aromatic heterocycles. The predicted molar refractivity (Wildman–Crippen MR) is 109 cm³/mol. The molecule has 0 aliphatic carbocycles. The summed E-state index contributed by atoms with van der Waals surface area (Å²) < 4.78 is 6.53. The maximum atomic E-state index is 11.3. The smallest absolute Gasteiger partial charge is 0.337 e. The van der Waals surface area contributed by atoms with E-state index in [0.29, 0.717) is 18.8 Å². The van der Waals surface area contributed by atoms with Crippen LogP contribution in [0.1, 0.15) is 49.5 Å². The number of carboxylic acid groups (broad SMARTS) is 1. The van der Waals surface area contributed by atoms with Gasteiger partial charge in [-0.05, 0) is 54.2 Å². The van der Waals surface area contributed by atoms with E-state index in [0.717, 1.165) is 23.1 Å². The molecule has 0 aliphatic rings. The number of nitrogens with one attached hydrogen (secondary N) is 1. The molecule has 2 aromatic rings. The van der Waals surface area contributed by atoms with Crippen molar-refractivity contribution in [3.05, 3.63) is 58.1 Å². The Kier molecular flexibility index (Phi) is 7.09. The van der Waals surface area contributed by atoms with Crippen LogP contribution in [0.25, 0.3) is 0 Å². The molecule has 2 aromatic carbocycles. The van der Waals surface area contributed by atoms with Crippen molar-refractivity contribution < 1.29 is 14.6 Å². The quantitative estimate of drug-likeness (QED) is 0.537. The SMILES string of the molecule is CC(C)(C)c1ccc(OCCCCNc2ccc(Br)cc2C(=O)O)cc1. The van der Waals surface area contributed by atoms with Crippen molar-refractivity contribution in [2.75, 3.05) is 18.5 Å². The first kappa shape index (κ1) is 20.3. The summed E-state index contributed by atoms with van der Waals surface area (Å²) in [5.74, 6) is -0.0529. The Hall–Kier alpha value is -2.01. The number of anilines is 1. The van der Waals surface area contributed by atoms with E-state index in [9.17, 15) is 9.90 Å². The molecule has 140 valence electrons. The summed E-state index contributed by atoms with van der Waals surface area (Å²) in [6, 6.07) is 13.5. The van der Waals surface area contributed by atoms with Crippen molar-refractivity contribution in [3.63, 3.8) is 0 Å². The second-order valence-corrected chi connectivity index (χ2v) is 8.17. The highest BCUT2D eigenvalue weighted by Crippen LogP contribution is 2.24. The summed E-state index contributed by atoms with van der Waals surface area (Å²) in [4.78, 5) is 11.3. The molecule has 26 heavy (non-hydrogen) atoms. The normalized spacial score (nSPS) is 11.2. The van der Waals surface area contributed by atoms with Crippen LogP contribution in [-0.4, -0.2) is 24.2 Å². The third-order valence-corrected chi connectivity index (χ3v) is 4.58. The van der Waals surface area contributed by atoms with Gasteiger partial charge in [0.15, 0.2) is 0 Å². The van der Waals surface area contributed by atoms with Crippen LogP contribution in [-0.2, 0) is 5.41 Å². The van der Waals surface area contributed by atoms with Gasteiger partial charge in [0.1, 0.15) is 5.75 Å². The van der Waals surface area contributed by atoms with E-state index in [2.05, 4.69) is 54.2 Å². The first-order valence-electron chi connectivity index (χ1n) is 8.77. The lowest BCUT2D eigenvalue weighted by molar-refractivity contribution is 0.0698. The second-order valence-electron chi connectivity index (χ2n) is 7.25. The molecular weight excluding hydrogens is 394 g/mol. The number of unbranched alkanes of at least 4 members (excludes halogenated alkanes) is 1. The maximum Gasteiger partial charge on any atom is 0.337 e. The van der Waals surface area contributed by atoms with E-state index in [1.807, 2.05) is 18.2 Å². The molecule has 0 heterocycles. The number of carbonyl (C=O) groups is 1. The molecule has 0 saturated heterocycles. The zero-order chi connectivity index (χ0) is 19.2. The van der Waals surface area contributed by atoms with E-state index in [1.165, 1.54) is 5.56 Å². The summed E-state index contributed by atoms with van der Waals surface area (Å²) in [5.41, 5.74) is 2.35. The van der Waals surface area contributed by atoms with Crippen molar-refractivity contribution in [3.8, 4) is 5.75 Å². The summed E-state index contributed by atoms with van der Waals surface area (Å²) in [7, 11) is 0. The molecule has 0 aliphatic heterocycles. The molecule has 0 atom stereocenters. The Morgan fingerprint density at radius 3 is 2.42 bits per heavy atom. The lowest BCUT2D eigenvalue weighted by atomic mass is 9.87. The van der Waals surface area contributed by atoms with Gasteiger partial charge in [0.05, 0.1) is 12.2 Å². The number of hydrogen-bond donors (Lipinski definition) is 2. The standard InChI is InChI=1S/C21H26BrNO3/c1-21(2,3)15-6-9-17(10-7-15)26-13-5-4-12-23-19-11-8-16(22)14-18(19)20(24)25/h6-11,14,23H,4-5,12-13H2,1-3H3,(H,24,25). The van der Waals surface area contributed by atoms with E-state index in [-0.39, 0.29) is 11.0 Å². The predicted octanol–water partition coefficient (Wildman–Crippen LogP) is 5.72. The Labute approximate surface area is 163 Å². The van der Waals surface area contributed by atoms with Gasteiger partial charge in [-0.25, -0.2) is 4.79 Å². The van der Waals surface area contributed by atoms with Crippen molar-refractivity contribution in [2.24, 2.45) is 0 Å². The monoisotopic (exact) mass is 419 g/mol. The van der Waals surface area contributed by atoms with Crippen LogP contribution in [0.4, 0.5) is 5.69 Å². The third kappa shape index (κ3) is 6.06. The second kappa shape index (κ2) is 9.08. The number of rotatable bonds is 8. The van der Waals surface area contributed by atoms with Crippen molar-refractivity contribution >= 4 is 27.6 Å². The molecule has 2 rings (SSSR count). The number of halogens is 1. The van der Waals surface area contributed by atoms with Gasteiger partial charge in [0, 0.05) is 16.7 Å². The minimum absolute atomic E-state index is 0.145. The van der Waals surface area contributed by atoms with Gasteiger partial charge in [-0.1, -0.05) is 48.8 Å². The molecule has 0 bridgehead atoms. The molecule has 0 spiro atoms. The Bertz CT molecular complexity index is 736. The van der Waals surface area contributed by atoms with E-state index >= 15 is 0 Å². The largest absolute Gasteiger partial charge is 0.494 e. The van der Waals surface area contributed by atoms with Gasteiger partial charge in [-0.15, -0.1) is 0 Å². The number of carboxylic acids is 1. The van der Waals surface area contributed by atoms with Crippen LogP contribution in [0, 0.1) is 0 Å². The van der Waals surface area contributed by atoms with Crippen molar-refractivity contribution in [1.29, 1.82) is 0 Å². The van der Waals surface area contributed by atoms with Gasteiger partial charge in [0.2, 0.25) is 0 Å². The summed E-state index contributed by atoms with van der Waals surface area (Å²) >= 11 is 3.30. The lowest BCUT2D eigenvalue weighted by Gasteiger charge is -2.19. The van der Waals surface area contributed by atoms with Crippen molar-refractivity contribution in [1.82, 2.24) is 0 Å². The highest BCUT2D eigenvalue weighted by atomic mass is 79.9. The van der Waals surface area contributed by atoms with Gasteiger partial charge >= 0.3 is 5.97 Å². The van der Waals surface area contributed by atoms with Crippen LogP contribution in [0.5, 0.6) is 5.75 Å². The Morgan fingerprint density at radius 1 is 1.12 bits per heavy atom. The fourth-order valence-electron chi connectivity index (χ4n) is 2.54. The van der Waals surface area contributed by atoms with Gasteiger partial charge in [0.25, 0.3) is 0 Å². The van der Waals surface area contributed by atoms with E-state index in [4.69, 9.17) is 4.74 Å². The van der Waals surface area contributed by atoms with Gasteiger partial charge in [-0.3, -0.25) is 0 Å². The molecule has 0 unspecified atom stereocenters. The zero-order valence-electron chi connectivity index (χ0n) is 15.5. The van der Waals surface area contributed by atoms with Crippen LogP contribution in [0.2, 0.25) is 0 Å². The molecule has 0 saturated carbocycles. The third-order valence-electron chi connectivity index (χ3n) is 4.09. The number of aromatic carboxylic acids is 1. The van der Waals surface area contributed by atoms with Crippen LogP contribution < -0.4 is 10.1 Å². The fraction of sp³-hybridized carbons (Fsp3) is 0.381. The summed E-state index contributed by atoms with van der Waals surface area (Å²) in [5, 5.41) is 12.4. The molecule has 2 N–H and O–H groups in total. The van der Waals surface area contributed by atoms with Crippen LogP contribution >= 0.6 is 15.9 Å². The summed E-state index contributed by atoms with van der Waals surface area (Å²) in [6.07, 6.45) is 1.79. The van der Waals surface area contributed by atoms with Gasteiger partial charge < -0.3 is 15.2 Å². The average Bonchev–Trinajstić information content (AvgIpc) is 2.58. The molecule has 4 nitrogen and oxygen atoms in total. The van der Waals surface area contributed by atoms with Crippen molar-refractivity contribution in [2.45, 2.75) is 39.0 Å². The van der Waals surface area contributed by atoms with Crippen LogP contribution in [0.3, 0.4) is 0 Å². The van der Waals surface area contributed by atoms with E-state index < -0.39 is 5.97 Å².